The fourth-order valence-corrected chi connectivity index (χ4v) is 3.75. The number of hydrogen-bond donors (Lipinski definition) is 1. The van der Waals surface area contributed by atoms with Crippen molar-refractivity contribution in [3.05, 3.63) is 29.8 Å². The van der Waals surface area contributed by atoms with Gasteiger partial charge in [0.25, 0.3) is 0 Å². The Bertz CT molecular complexity index is 558. The first-order valence-electron chi connectivity index (χ1n) is 9.52. The van der Waals surface area contributed by atoms with Gasteiger partial charge in [-0.3, -0.25) is 0 Å². The Morgan fingerprint density at radius 1 is 1.21 bits per heavy atom. The molecule has 1 saturated heterocycles. The Labute approximate surface area is 146 Å². The van der Waals surface area contributed by atoms with E-state index in [2.05, 4.69) is 53.7 Å². The second kappa shape index (κ2) is 8.52. The van der Waals surface area contributed by atoms with E-state index in [1.165, 1.54) is 37.0 Å². The molecule has 0 spiro atoms. The van der Waals surface area contributed by atoms with Crippen LogP contribution in [0.25, 0.3) is 0 Å². The topological polar surface area (TPSA) is 36.9 Å². The molecule has 0 radical (unpaired) electrons. The number of benzene rings is 1. The molecule has 24 heavy (non-hydrogen) atoms. The van der Waals surface area contributed by atoms with Gasteiger partial charge in [-0.25, -0.2) is 0 Å². The predicted octanol–water partition coefficient (Wildman–Crippen LogP) is 3.99. The summed E-state index contributed by atoms with van der Waals surface area (Å²) in [5.41, 5.74) is 5.96. The number of unbranched alkanes of at least 4 members (excludes halogenated alkanes) is 4. The fraction of sp³-hybridized carbons (Fsp3) is 0.650. The molecule has 1 N–H and O–H groups in total. The highest BCUT2D eigenvalue weighted by Gasteiger charge is 2.37. The average Bonchev–Trinajstić information content (AvgIpc) is 3.01. The molecule has 0 bridgehead atoms. The first kappa shape index (κ1) is 17.3. The fourth-order valence-electron chi connectivity index (χ4n) is 3.75. The maximum Gasteiger partial charge on any atom is 0.124 e. The third kappa shape index (κ3) is 4.10. The van der Waals surface area contributed by atoms with Crippen LogP contribution in [0.5, 0.6) is 5.75 Å². The molecule has 2 heterocycles. The molecular weight excluding hydrogens is 298 g/mol. The summed E-state index contributed by atoms with van der Waals surface area (Å²) in [6, 6.07) is 8.72. The summed E-state index contributed by atoms with van der Waals surface area (Å²) in [4.78, 5) is 2.40. The van der Waals surface area contributed by atoms with Crippen molar-refractivity contribution < 1.29 is 4.74 Å². The summed E-state index contributed by atoms with van der Waals surface area (Å²) in [7, 11) is 2.20. The second-order valence-electron chi connectivity index (χ2n) is 7.13. The van der Waals surface area contributed by atoms with Crippen LogP contribution < -0.4 is 10.2 Å². The van der Waals surface area contributed by atoms with Crippen molar-refractivity contribution in [3.8, 4) is 5.75 Å². The van der Waals surface area contributed by atoms with Crippen LogP contribution in [-0.2, 0) is 0 Å². The summed E-state index contributed by atoms with van der Waals surface area (Å²) in [5, 5.41) is 4.61. The molecule has 2 aliphatic rings. The number of likely N-dealkylation sites (tertiary alicyclic amines) is 1. The van der Waals surface area contributed by atoms with Crippen LogP contribution in [0.15, 0.2) is 29.4 Å². The lowest BCUT2D eigenvalue weighted by molar-refractivity contribution is 0.264. The van der Waals surface area contributed by atoms with Crippen LogP contribution in [0.2, 0.25) is 0 Å². The van der Waals surface area contributed by atoms with Gasteiger partial charge < -0.3 is 15.1 Å². The Balaban J connectivity index is 1.60. The number of piperidine rings is 1. The van der Waals surface area contributed by atoms with E-state index in [-0.39, 0.29) is 6.04 Å². The number of fused-ring (bicyclic) bond motifs is 1. The molecule has 4 heteroatoms. The van der Waals surface area contributed by atoms with Crippen LogP contribution in [0.4, 0.5) is 0 Å². The van der Waals surface area contributed by atoms with Gasteiger partial charge >= 0.3 is 0 Å². The van der Waals surface area contributed by atoms with Gasteiger partial charge in [-0.15, -0.1) is 0 Å². The standard InChI is InChI=1S/C20H31N3O/c1-3-4-5-6-9-14-24-19-11-8-7-10-16(19)20-17-15-23(2)13-12-18(17)21-22-20/h7-8,10-11,17,20,22H,3-6,9,12-15H2,1-2H3. The number of hydrazone groups is 1. The lowest BCUT2D eigenvalue weighted by atomic mass is 9.86. The Hall–Kier alpha value is -1.55. The highest BCUT2D eigenvalue weighted by molar-refractivity contribution is 5.90. The van der Waals surface area contributed by atoms with E-state index in [1.807, 2.05) is 0 Å². The molecule has 2 aliphatic heterocycles. The van der Waals surface area contributed by atoms with Gasteiger partial charge in [0.15, 0.2) is 0 Å². The van der Waals surface area contributed by atoms with Gasteiger partial charge in [0.05, 0.1) is 12.6 Å². The quantitative estimate of drug-likeness (QED) is 0.733. The molecule has 0 aliphatic carbocycles. The van der Waals surface area contributed by atoms with E-state index in [0.29, 0.717) is 5.92 Å². The normalized spacial score (nSPS) is 23.5. The summed E-state index contributed by atoms with van der Waals surface area (Å²) < 4.78 is 6.13. The number of para-hydroxylation sites is 1. The van der Waals surface area contributed by atoms with Gasteiger partial charge in [-0.1, -0.05) is 50.8 Å². The predicted molar refractivity (Wildman–Crippen MR) is 99.6 cm³/mol. The minimum absolute atomic E-state index is 0.249. The van der Waals surface area contributed by atoms with Crippen LogP contribution in [0.3, 0.4) is 0 Å². The molecule has 4 nitrogen and oxygen atoms in total. The van der Waals surface area contributed by atoms with E-state index in [0.717, 1.165) is 38.3 Å². The van der Waals surface area contributed by atoms with Crippen molar-refractivity contribution in [1.29, 1.82) is 0 Å². The molecule has 0 amide bonds. The van der Waals surface area contributed by atoms with Crippen molar-refractivity contribution >= 4 is 5.71 Å². The number of nitrogens with zero attached hydrogens (tertiary/aromatic N) is 2. The zero-order chi connectivity index (χ0) is 16.8. The Morgan fingerprint density at radius 3 is 2.92 bits per heavy atom. The summed E-state index contributed by atoms with van der Waals surface area (Å²) >= 11 is 0. The largest absolute Gasteiger partial charge is 0.493 e. The van der Waals surface area contributed by atoms with Crippen LogP contribution in [0.1, 0.15) is 57.1 Å². The molecule has 2 atom stereocenters. The highest BCUT2D eigenvalue weighted by Crippen LogP contribution is 2.36. The van der Waals surface area contributed by atoms with Gasteiger partial charge in [0.2, 0.25) is 0 Å². The van der Waals surface area contributed by atoms with Crippen molar-refractivity contribution in [2.75, 3.05) is 26.7 Å². The highest BCUT2D eigenvalue weighted by atomic mass is 16.5. The Kier molecular flexibility index (Phi) is 6.13. The molecule has 1 fully saturated rings. The van der Waals surface area contributed by atoms with Crippen LogP contribution >= 0.6 is 0 Å². The van der Waals surface area contributed by atoms with Gasteiger partial charge in [0.1, 0.15) is 5.75 Å². The van der Waals surface area contributed by atoms with Crippen molar-refractivity contribution in [2.45, 2.75) is 51.5 Å². The lowest BCUT2D eigenvalue weighted by Crippen LogP contribution is -2.39. The van der Waals surface area contributed by atoms with Crippen molar-refractivity contribution in [3.63, 3.8) is 0 Å². The zero-order valence-corrected chi connectivity index (χ0v) is 15.1. The van der Waals surface area contributed by atoms with Gasteiger partial charge in [0, 0.05) is 36.7 Å². The van der Waals surface area contributed by atoms with Crippen LogP contribution in [-0.4, -0.2) is 37.4 Å². The number of ether oxygens (including phenoxy) is 1. The Morgan fingerprint density at radius 2 is 2.04 bits per heavy atom. The molecule has 1 aromatic carbocycles. The van der Waals surface area contributed by atoms with E-state index >= 15 is 0 Å². The molecule has 2 unspecified atom stereocenters. The summed E-state index contributed by atoms with van der Waals surface area (Å²) in [5.74, 6) is 1.49. The average molecular weight is 329 g/mol. The molecule has 0 aromatic heterocycles. The van der Waals surface area contributed by atoms with Crippen LogP contribution in [0, 0.1) is 5.92 Å². The van der Waals surface area contributed by atoms with Crippen molar-refractivity contribution in [1.82, 2.24) is 10.3 Å². The monoisotopic (exact) mass is 329 g/mol. The third-order valence-electron chi connectivity index (χ3n) is 5.20. The zero-order valence-electron chi connectivity index (χ0n) is 15.1. The lowest BCUT2D eigenvalue weighted by Gasteiger charge is -2.31. The maximum atomic E-state index is 6.13. The SMILES string of the molecule is CCCCCCCOc1ccccc1C1NN=C2CCN(C)CC21. The van der Waals surface area contributed by atoms with E-state index in [9.17, 15) is 0 Å². The first-order valence-corrected chi connectivity index (χ1v) is 9.52. The third-order valence-corrected chi connectivity index (χ3v) is 5.20. The molecular formula is C20H31N3O. The van der Waals surface area contributed by atoms with E-state index in [1.54, 1.807) is 0 Å². The minimum Gasteiger partial charge on any atom is -0.493 e. The number of nitrogens with one attached hydrogen (secondary N) is 1. The summed E-state index contributed by atoms with van der Waals surface area (Å²) in [6.45, 7) is 5.24. The molecule has 132 valence electrons. The minimum atomic E-state index is 0.249. The van der Waals surface area contributed by atoms with E-state index in [4.69, 9.17) is 4.74 Å². The number of rotatable bonds is 8. The maximum absolute atomic E-state index is 6.13. The van der Waals surface area contributed by atoms with Gasteiger partial charge in [-0.05, 0) is 19.5 Å². The smallest absolute Gasteiger partial charge is 0.124 e. The van der Waals surface area contributed by atoms with Gasteiger partial charge in [-0.2, -0.15) is 5.10 Å². The van der Waals surface area contributed by atoms with E-state index < -0.39 is 0 Å². The molecule has 3 rings (SSSR count). The van der Waals surface area contributed by atoms with Crippen molar-refractivity contribution in [2.24, 2.45) is 11.0 Å². The second-order valence-corrected chi connectivity index (χ2v) is 7.13. The molecule has 1 aromatic rings. The molecule has 0 saturated carbocycles. The number of hydrogen-bond acceptors (Lipinski definition) is 4. The summed E-state index contributed by atoms with van der Waals surface area (Å²) in [6.07, 6.45) is 7.41. The first-order chi connectivity index (χ1) is 11.8.